The van der Waals surface area contributed by atoms with Crippen LogP contribution in [0.15, 0.2) is 192 Å². The minimum Gasteiger partial charge on any atom is -0.454 e. The first kappa shape index (κ1) is 28.4. The van der Waals surface area contributed by atoms with E-state index in [1.807, 2.05) is 6.07 Å². The predicted molar refractivity (Wildman–Crippen MR) is 212 cm³/mol. The third kappa shape index (κ3) is 4.50. The molecular formula is C48H31NO. The molecular weight excluding hydrogens is 607 g/mol. The Morgan fingerprint density at radius 2 is 0.980 bits per heavy atom. The quantitative estimate of drug-likeness (QED) is 0.175. The normalized spacial score (nSPS) is 11.6. The van der Waals surface area contributed by atoms with Crippen LogP contribution in [0.1, 0.15) is 0 Å². The zero-order valence-corrected chi connectivity index (χ0v) is 27.3. The maximum atomic E-state index is 6.87. The van der Waals surface area contributed by atoms with Crippen molar-refractivity contribution in [2.24, 2.45) is 0 Å². The topological polar surface area (TPSA) is 16.4 Å². The number of benzene rings is 9. The molecule has 0 aliphatic rings. The van der Waals surface area contributed by atoms with Crippen molar-refractivity contribution in [3.63, 3.8) is 0 Å². The maximum Gasteiger partial charge on any atom is 0.160 e. The Bertz CT molecular complexity index is 2860. The van der Waals surface area contributed by atoms with E-state index in [9.17, 15) is 0 Å². The average Bonchev–Trinajstić information content (AvgIpc) is 3.59. The zero-order chi connectivity index (χ0) is 33.0. The van der Waals surface area contributed by atoms with Gasteiger partial charge in [0.05, 0.1) is 11.4 Å². The third-order valence-electron chi connectivity index (χ3n) is 10.0. The van der Waals surface area contributed by atoms with Crippen LogP contribution in [0.3, 0.4) is 0 Å². The average molecular weight is 638 g/mol. The van der Waals surface area contributed by atoms with Gasteiger partial charge in [-0.15, -0.1) is 0 Å². The first-order valence-electron chi connectivity index (χ1n) is 17.1. The van der Waals surface area contributed by atoms with E-state index in [1.165, 1.54) is 43.4 Å². The number of para-hydroxylation sites is 1. The van der Waals surface area contributed by atoms with Gasteiger partial charge < -0.3 is 9.32 Å². The molecule has 0 spiro atoms. The second kappa shape index (κ2) is 11.5. The van der Waals surface area contributed by atoms with Crippen LogP contribution in [0.4, 0.5) is 17.1 Å². The van der Waals surface area contributed by atoms with Gasteiger partial charge in [-0.3, -0.25) is 0 Å². The van der Waals surface area contributed by atoms with Crippen LogP contribution in [-0.2, 0) is 0 Å². The van der Waals surface area contributed by atoms with E-state index in [0.29, 0.717) is 0 Å². The van der Waals surface area contributed by atoms with Crippen molar-refractivity contribution in [1.29, 1.82) is 0 Å². The molecule has 0 bridgehead atoms. The van der Waals surface area contributed by atoms with Gasteiger partial charge in [-0.2, -0.15) is 0 Å². The van der Waals surface area contributed by atoms with E-state index in [-0.39, 0.29) is 0 Å². The number of rotatable bonds is 5. The standard InChI is InChI=1S/C48H31NO/c1-2-13-33(14-3-1)40-29-30-44(48-47(40)43-22-10-11-24-46(43)50-48)49(45-31-35-16-5-7-19-39(35)41-20-8-9-21-42(41)45)36-27-25-34(26-28-36)38-23-12-17-32-15-4-6-18-37(32)38/h1-31H. The van der Waals surface area contributed by atoms with Gasteiger partial charge in [-0.05, 0) is 79.5 Å². The lowest BCUT2D eigenvalue weighted by atomic mass is 9.96. The Kier molecular flexibility index (Phi) is 6.53. The molecule has 9 aromatic carbocycles. The molecule has 2 nitrogen and oxygen atoms in total. The second-order valence-corrected chi connectivity index (χ2v) is 12.9. The summed E-state index contributed by atoms with van der Waals surface area (Å²) in [5.41, 5.74) is 9.63. The van der Waals surface area contributed by atoms with Gasteiger partial charge >= 0.3 is 0 Å². The molecule has 10 aromatic rings. The first-order valence-corrected chi connectivity index (χ1v) is 17.1. The molecule has 0 aliphatic carbocycles. The number of hydrogen-bond acceptors (Lipinski definition) is 2. The monoisotopic (exact) mass is 637 g/mol. The Balaban J connectivity index is 1.27. The van der Waals surface area contributed by atoms with Gasteiger partial charge in [0.1, 0.15) is 5.58 Å². The molecule has 0 amide bonds. The molecule has 1 aromatic heterocycles. The van der Waals surface area contributed by atoms with E-state index in [4.69, 9.17) is 4.42 Å². The smallest absolute Gasteiger partial charge is 0.160 e. The van der Waals surface area contributed by atoms with Gasteiger partial charge in [-0.25, -0.2) is 0 Å². The van der Waals surface area contributed by atoms with Crippen LogP contribution in [0.2, 0.25) is 0 Å². The van der Waals surface area contributed by atoms with Gasteiger partial charge in [-0.1, -0.05) is 158 Å². The third-order valence-corrected chi connectivity index (χ3v) is 10.0. The number of hydrogen-bond donors (Lipinski definition) is 0. The molecule has 50 heavy (non-hydrogen) atoms. The molecule has 1 heterocycles. The number of furan rings is 1. The largest absolute Gasteiger partial charge is 0.454 e. The fraction of sp³-hybridized carbons (Fsp3) is 0. The summed E-state index contributed by atoms with van der Waals surface area (Å²) in [5, 5.41) is 9.56. The van der Waals surface area contributed by atoms with E-state index >= 15 is 0 Å². The summed E-state index contributed by atoms with van der Waals surface area (Å²) in [7, 11) is 0. The SMILES string of the molecule is c1ccc(-c2ccc(N(c3ccc(-c4cccc5ccccc45)cc3)c3cc4ccccc4c4ccccc34)c3oc4ccccc4c23)cc1. The van der Waals surface area contributed by atoms with E-state index in [1.54, 1.807) is 0 Å². The number of fused-ring (bicyclic) bond motifs is 7. The molecule has 0 saturated heterocycles. The van der Waals surface area contributed by atoms with Gasteiger partial charge in [0.15, 0.2) is 5.58 Å². The van der Waals surface area contributed by atoms with Crippen molar-refractivity contribution in [2.75, 3.05) is 4.90 Å². The van der Waals surface area contributed by atoms with Crippen LogP contribution in [0, 0.1) is 0 Å². The van der Waals surface area contributed by atoms with Crippen LogP contribution in [-0.4, -0.2) is 0 Å². The first-order chi connectivity index (χ1) is 24.8. The lowest BCUT2D eigenvalue weighted by Crippen LogP contribution is -2.11. The Morgan fingerprint density at radius 1 is 0.360 bits per heavy atom. The van der Waals surface area contributed by atoms with Crippen LogP contribution in [0.25, 0.3) is 76.5 Å². The second-order valence-electron chi connectivity index (χ2n) is 12.9. The summed E-state index contributed by atoms with van der Waals surface area (Å²) < 4.78 is 6.87. The Morgan fingerprint density at radius 3 is 1.80 bits per heavy atom. The van der Waals surface area contributed by atoms with E-state index in [0.717, 1.165) is 50.1 Å². The fourth-order valence-electron chi connectivity index (χ4n) is 7.74. The minimum atomic E-state index is 0.864. The molecule has 0 atom stereocenters. The molecule has 0 aliphatic heterocycles. The molecule has 2 heteroatoms. The highest BCUT2D eigenvalue weighted by Gasteiger charge is 2.24. The van der Waals surface area contributed by atoms with Gasteiger partial charge in [0, 0.05) is 21.8 Å². The highest BCUT2D eigenvalue weighted by Crippen LogP contribution is 2.48. The van der Waals surface area contributed by atoms with Crippen molar-refractivity contribution < 1.29 is 4.42 Å². The molecule has 0 fully saturated rings. The lowest BCUT2D eigenvalue weighted by Gasteiger charge is -2.28. The molecule has 10 rings (SSSR count). The summed E-state index contributed by atoms with van der Waals surface area (Å²) in [5.74, 6) is 0. The molecule has 0 saturated carbocycles. The maximum absolute atomic E-state index is 6.87. The van der Waals surface area contributed by atoms with Crippen LogP contribution < -0.4 is 4.90 Å². The van der Waals surface area contributed by atoms with Gasteiger partial charge in [0.2, 0.25) is 0 Å². The van der Waals surface area contributed by atoms with Crippen LogP contribution in [0.5, 0.6) is 0 Å². The molecule has 0 unspecified atom stereocenters. The summed E-state index contributed by atoms with van der Waals surface area (Å²) in [6.45, 7) is 0. The minimum absolute atomic E-state index is 0.864. The molecule has 0 radical (unpaired) electrons. The lowest BCUT2D eigenvalue weighted by molar-refractivity contribution is 0.669. The molecule has 0 N–H and O–H groups in total. The summed E-state index contributed by atoms with van der Waals surface area (Å²) in [4.78, 5) is 2.39. The van der Waals surface area contributed by atoms with Crippen molar-refractivity contribution in [3.8, 4) is 22.3 Å². The highest BCUT2D eigenvalue weighted by atomic mass is 16.3. The summed E-state index contributed by atoms with van der Waals surface area (Å²) >= 11 is 0. The zero-order valence-electron chi connectivity index (χ0n) is 27.3. The highest BCUT2D eigenvalue weighted by molar-refractivity contribution is 6.19. The van der Waals surface area contributed by atoms with Crippen molar-refractivity contribution >= 4 is 71.3 Å². The van der Waals surface area contributed by atoms with Gasteiger partial charge in [0.25, 0.3) is 0 Å². The van der Waals surface area contributed by atoms with Crippen molar-refractivity contribution in [3.05, 3.63) is 188 Å². The summed E-state index contributed by atoms with van der Waals surface area (Å²) in [6, 6.07) is 67.4. The van der Waals surface area contributed by atoms with Crippen LogP contribution >= 0.6 is 0 Å². The number of anilines is 3. The Hall–Kier alpha value is -6.64. The fourth-order valence-corrected chi connectivity index (χ4v) is 7.74. The van der Waals surface area contributed by atoms with E-state index < -0.39 is 0 Å². The Labute approximate surface area is 290 Å². The van der Waals surface area contributed by atoms with Crippen molar-refractivity contribution in [2.45, 2.75) is 0 Å². The van der Waals surface area contributed by atoms with Crippen molar-refractivity contribution in [1.82, 2.24) is 0 Å². The van der Waals surface area contributed by atoms with E-state index in [2.05, 4.69) is 187 Å². The predicted octanol–water partition coefficient (Wildman–Crippen LogP) is 13.8. The molecule has 234 valence electrons. The number of nitrogens with zero attached hydrogens (tertiary/aromatic N) is 1. The summed E-state index contributed by atoms with van der Waals surface area (Å²) in [6.07, 6.45) is 0.